The maximum Gasteiger partial charge on any atom is 0.0317 e. The van der Waals surface area contributed by atoms with E-state index in [-0.39, 0.29) is 0 Å². The van der Waals surface area contributed by atoms with Crippen molar-refractivity contribution in [2.45, 2.75) is 51.0 Å². The molecule has 96 valence electrons. The van der Waals surface area contributed by atoms with Gasteiger partial charge in [0.05, 0.1) is 0 Å². The maximum absolute atomic E-state index is 3.51. The van der Waals surface area contributed by atoms with Crippen LogP contribution in [-0.4, -0.2) is 12.3 Å². The summed E-state index contributed by atoms with van der Waals surface area (Å²) in [5.41, 5.74) is 1.41. The molecule has 0 aliphatic rings. The molecule has 0 saturated carbocycles. The van der Waals surface area contributed by atoms with Gasteiger partial charge in [-0.25, -0.2) is 0 Å². The fourth-order valence-corrected chi connectivity index (χ4v) is 2.87. The van der Waals surface area contributed by atoms with Gasteiger partial charge in [-0.15, -0.1) is 11.8 Å². The first kappa shape index (κ1) is 14.6. The van der Waals surface area contributed by atoms with Crippen molar-refractivity contribution in [3.8, 4) is 0 Å². The van der Waals surface area contributed by atoms with Crippen LogP contribution in [0, 0.1) is 0 Å². The summed E-state index contributed by atoms with van der Waals surface area (Å²) in [6.45, 7) is 7.67. The Balaban J connectivity index is 2.53. The zero-order valence-corrected chi connectivity index (χ0v) is 12.1. The van der Waals surface area contributed by atoms with Crippen molar-refractivity contribution in [3.05, 3.63) is 29.8 Å². The standard InChI is InChI=1S/C15H25NS/c1-4-7-12-17-14-10-8-13(9-11-14)15(5-2)16-6-3/h8-11,15-16H,4-7,12H2,1-3H3. The Hall–Kier alpha value is -0.470. The second-order valence-electron chi connectivity index (χ2n) is 4.29. The molecule has 0 amide bonds. The lowest BCUT2D eigenvalue weighted by molar-refractivity contribution is 0.537. The van der Waals surface area contributed by atoms with E-state index in [1.165, 1.54) is 29.1 Å². The van der Waals surface area contributed by atoms with Crippen LogP contribution in [-0.2, 0) is 0 Å². The predicted octanol–water partition coefficient (Wildman–Crippen LogP) is 4.64. The van der Waals surface area contributed by atoms with E-state index in [9.17, 15) is 0 Å². The average molecular weight is 251 g/mol. The number of nitrogens with one attached hydrogen (secondary N) is 1. The van der Waals surface area contributed by atoms with E-state index in [1.807, 2.05) is 11.8 Å². The van der Waals surface area contributed by atoms with Crippen LogP contribution in [0.5, 0.6) is 0 Å². The van der Waals surface area contributed by atoms with Crippen molar-refractivity contribution in [2.24, 2.45) is 0 Å². The molecule has 1 nitrogen and oxygen atoms in total. The summed E-state index contributed by atoms with van der Waals surface area (Å²) >= 11 is 1.97. The molecule has 1 unspecified atom stereocenters. The number of thioether (sulfide) groups is 1. The molecular weight excluding hydrogens is 226 g/mol. The van der Waals surface area contributed by atoms with E-state index in [2.05, 4.69) is 50.4 Å². The highest BCUT2D eigenvalue weighted by molar-refractivity contribution is 7.99. The van der Waals surface area contributed by atoms with E-state index in [0.717, 1.165) is 13.0 Å². The van der Waals surface area contributed by atoms with E-state index < -0.39 is 0 Å². The van der Waals surface area contributed by atoms with E-state index in [0.29, 0.717) is 6.04 Å². The van der Waals surface area contributed by atoms with Crippen molar-refractivity contribution in [3.63, 3.8) is 0 Å². The first-order chi connectivity index (χ1) is 8.31. The van der Waals surface area contributed by atoms with Crippen LogP contribution in [0.3, 0.4) is 0 Å². The molecule has 0 aliphatic heterocycles. The van der Waals surface area contributed by atoms with E-state index in [1.54, 1.807) is 0 Å². The van der Waals surface area contributed by atoms with Crippen molar-refractivity contribution in [1.82, 2.24) is 5.32 Å². The third kappa shape index (κ3) is 5.13. The van der Waals surface area contributed by atoms with Crippen molar-refractivity contribution in [2.75, 3.05) is 12.3 Å². The van der Waals surface area contributed by atoms with Gasteiger partial charge in [0.2, 0.25) is 0 Å². The quantitative estimate of drug-likeness (QED) is 0.533. The summed E-state index contributed by atoms with van der Waals surface area (Å²) in [7, 11) is 0. The van der Waals surface area contributed by atoms with Gasteiger partial charge in [-0.2, -0.15) is 0 Å². The third-order valence-corrected chi connectivity index (χ3v) is 4.01. The molecule has 1 N–H and O–H groups in total. The molecular formula is C15H25NS. The maximum atomic E-state index is 3.51. The summed E-state index contributed by atoms with van der Waals surface area (Å²) in [5, 5.41) is 3.51. The zero-order valence-electron chi connectivity index (χ0n) is 11.3. The number of rotatable bonds is 8. The molecule has 0 aromatic heterocycles. The third-order valence-electron chi connectivity index (χ3n) is 2.91. The number of hydrogen-bond acceptors (Lipinski definition) is 2. The lowest BCUT2D eigenvalue weighted by Crippen LogP contribution is -2.19. The SMILES string of the molecule is CCCCSc1ccc(C(CC)NCC)cc1. The smallest absolute Gasteiger partial charge is 0.0317 e. The minimum atomic E-state index is 0.509. The Morgan fingerprint density at radius 3 is 2.35 bits per heavy atom. The van der Waals surface area contributed by atoms with Crippen LogP contribution in [0.4, 0.5) is 0 Å². The van der Waals surface area contributed by atoms with Crippen molar-refractivity contribution < 1.29 is 0 Å². The van der Waals surface area contributed by atoms with Crippen LogP contribution in [0.15, 0.2) is 29.2 Å². The molecule has 1 aromatic rings. The molecule has 0 saturated heterocycles. The first-order valence-electron chi connectivity index (χ1n) is 6.77. The van der Waals surface area contributed by atoms with Crippen LogP contribution >= 0.6 is 11.8 Å². The molecule has 17 heavy (non-hydrogen) atoms. The summed E-state index contributed by atoms with van der Waals surface area (Å²) in [4.78, 5) is 1.40. The van der Waals surface area contributed by atoms with Crippen LogP contribution in [0.25, 0.3) is 0 Å². The van der Waals surface area contributed by atoms with Gasteiger partial charge in [-0.1, -0.05) is 39.3 Å². The number of hydrogen-bond donors (Lipinski definition) is 1. The molecule has 0 bridgehead atoms. The molecule has 2 heteroatoms. The van der Waals surface area contributed by atoms with Gasteiger partial charge >= 0.3 is 0 Å². The molecule has 0 spiro atoms. The van der Waals surface area contributed by atoms with Gasteiger partial charge in [0.15, 0.2) is 0 Å². The van der Waals surface area contributed by atoms with Crippen molar-refractivity contribution >= 4 is 11.8 Å². The van der Waals surface area contributed by atoms with Gasteiger partial charge in [-0.05, 0) is 42.8 Å². The van der Waals surface area contributed by atoms with Gasteiger partial charge in [0.25, 0.3) is 0 Å². The molecule has 0 heterocycles. The molecule has 1 rings (SSSR count). The second kappa shape index (κ2) is 8.60. The number of benzene rings is 1. The van der Waals surface area contributed by atoms with E-state index in [4.69, 9.17) is 0 Å². The largest absolute Gasteiger partial charge is 0.310 e. The molecule has 1 atom stereocenters. The monoisotopic (exact) mass is 251 g/mol. The fourth-order valence-electron chi connectivity index (χ4n) is 1.88. The molecule has 0 fully saturated rings. The summed E-state index contributed by atoms with van der Waals surface area (Å²) < 4.78 is 0. The molecule has 1 aromatic carbocycles. The molecule has 0 radical (unpaired) electrons. The Bertz CT molecular complexity index is 294. The second-order valence-corrected chi connectivity index (χ2v) is 5.46. The Morgan fingerprint density at radius 1 is 1.12 bits per heavy atom. The highest BCUT2D eigenvalue weighted by atomic mass is 32.2. The fraction of sp³-hybridized carbons (Fsp3) is 0.600. The first-order valence-corrected chi connectivity index (χ1v) is 7.76. The van der Waals surface area contributed by atoms with Crippen LogP contribution in [0.2, 0.25) is 0 Å². The normalized spacial score (nSPS) is 12.6. The Kier molecular flexibility index (Phi) is 7.38. The lowest BCUT2D eigenvalue weighted by Gasteiger charge is -2.16. The minimum Gasteiger partial charge on any atom is -0.310 e. The van der Waals surface area contributed by atoms with Gasteiger partial charge in [-0.3, -0.25) is 0 Å². The van der Waals surface area contributed by atoms with Gasteiger partial charge in [0.1, 0.15) is 0 Å². The van der Waals surface area contributed by atoms with Gasteiger partial charge in [0, 0.05) is 10.9 Å². The van der Waals surface area contributed by atoms with Gasteiger partial charge < -0.3 is 5.32 Å². The Morgan fingerprint density at radius 2 is 1.82 bits per heavy atom. The predicted molar refractivity (Wildman–Crippen MR) is 78.8 cm³/mol. The van der Waals surface area contributed by atoms with Crippen LogP contribution in [0.1, 0.15) is 51.6 Å². The van der Waals surface area contributed by atoms with Crippen molar-refractivity contribution in [1.29, 1.82) is 0 Å². The summed E-state index contributed by atoms with van der Waals surface area (Å²) in [6.07, 6.45) is 3.74. The highest BCUT2D eigenvalue weighted by Gasteiger charge is 2.06. The molecule has 0 aliphatic carbocycles. The highest BCUT2D eigenvalue weighted by Crippen LogP contribution is 2.23. The van der Waals surface area contributed by atoms with Crippen LogP contribution < -0.4 is 5.32 Å². The topological polar surface area (TPSA) is 12.0 Å². The zero-order chi connectivity index (χ0) is 12.5. The van der Waals surface area contributed by atoms with E-state index >= 15 is 0 Å². The lowest BCUT2D eigenvalue weighted by atomic mass is 10.1. The summed E-state index contributed by atoms with van der Waals surface area (Å²) in [5.74, 6) is 1.24. The summed E-state index contributed by atoms with van der Waals surface area (Å²) in [6, 6.07) is 9.57. The average Bonchev–Trinajstić information content (AvgIpc) is 2.37. The number of unbranched alkanes of at least 4 members (excludes halogenated alkanes) is 1. The Labute approximate surface area is 110 Å². The minimum absolute atomic E-state index is 0.509.